The minimum absolute atomic E-state index is 0.0325. The van der Waals surface area contributed by atoms with Crippen molar-refractivity contribution in [2.24, 2.45) is 0 Å². The van der Waals surface area contributed by atoms with E-state index in [-0.39, 0.29) is 38.5 Å². The number of hydrogen-bond donors (Lipinski definition) is 0. The standard InChI is InChI=1S/C24H40FN2O6Si2.3C4H9.Sn/c1-10-29-21-11-12-27(24(28)26-21)23-19(13-25)22-20(31-23)14-30-34(15(2)3,16(4)5)33-35(32-22,17(6)7)18(8)9;3*1-3-4-2;/h11-12,15-18,20,22-23H,10,14H2,1-9H3;3*1,3-4H2,2H3;/t20-,22+,23?;;;;/m1..../s1. The first kappa shape index (κ1) is 41.8. The molecule has 8 nitrogen and oxygen atoms in total. The van der Waals surface area contributed by atoms with Crippen molar-refractivity contribution < 1.29 is 26.8 Å². The molecule has 3 atom stereocenters. The van der Waals surface area contributed by atoms with E-state index in [1.54, 1.807) is 12.3 Å². The minimum atomic E-state index is -3.70. The summed E-state index contributed by atoms with van der Waals surface area (Å²) in [6.07, 6.45) is 5.49. The maximum absolute atomic E-state index is 18.3. The summed E-state index contributed by atoms with van der Waals surface area (Å²) >= 11 is -3.70. The molecule has 2 saturated heterocycles. The number of ether oxygens (including phenoxy) is 2. The number of rotatable bonds is 17. The Bertz CT molecular complexity index is 1220. The van der Waals surface area contributed by atoms with Crippen molar-refractivity contribution in [3.63, 3.8) is 0 Å². The fourth-order valence-corrected chi connectivity index (χ4v) is 34.4. The summed E-state index contributed by atoms with van der Waals surface area (Å²) in [5, 5.41) is 0. The Kier molecular flexibility index (Phi) is 15.9. The van der Waals surface area contributed by atoms with Gasteiger partial charge >= 0.3 is 299 Å². The molecule has 1 aromatic rings. The SMILES string of the molecule is CCC[CH2][Sn]([CH2]CCC)([CH2]CCC)/[C](F)=C1\C(n2ccc(OCC)nc2=O)O[C@@H]2CO[Si](C(C)C)(C(C)C)O[Si](C(C)C)(C(C)C)O[C@@H]12. The molecule has 2 aliphatic rings. The third kappa shape index (κ3) is 8.71. The van der Waals surface area contributed by atoms with Gasteiger partial charge in [-0.1, -0.05) is 0 Å². The van der Waals surface area contributed by atoms with Crippen molar-refractivity contribution in [1.29, 1.82) is 0 Å². The Hall–Kier alpha value is -0.578. The molecule has 0 amide bonds. The molecule has 0 aromatic carbocycles. The van der Waals surface area contributed by atoms with Crippen LogP contribution in [-0.4, -0.2) is 70.5 Å². The summed E-state index contributed by atoms with van der Waals surface area (Å²) < 4.78 is 57.1. The topological polar surface area (TPSA) is 81.0 Å². The van der Waals surface area contributed by atoms with Crippen molar-refractivity contribution in [1.82, 2.24) is 9.55 Å². The van der Waals surface area contributed by atoms with Gasteiger partial charge in [0.05, 0.1) is 0 Å². The predicted octanol–water partition coefficient (Wildman–Crippen LogP) is 10.1. The van der Waals surface area contributed by atoms with Crippen LogP contribution in [0.4, 0.5) is 4.39 Å². The number of nitrogens with zero attached hydrogens (tertiary/aromatic N) is 2. The molecule has 0 bridgehead atoms. The monoisotopic (exact) mass is 818 g/mol. The molecule has 3 heterocycles. The van der Waals surface area contributed by atoms with Gasteiger partial charge in [0.15, 0.2) is 0 Å². The number of unbranched alkanes of at least 4 members (excludes halogenated alkanes) is 3. The van der Waals surface area contributed by atoms with E-state index in [9.17, 15) is 4.79 Å². The fraction of sp³-hybridized carbons (Fsp3) is 0.833. The van der Waals surface area contributed by atoms with E-state index in [4.69, 9.17) is 22.4 Å². The van der Waals surface area contributed by atoms with E-state index in [2.05, 4.69) is 81.1 Å². The van der Waals surface area contributed by atoms with Gasteiger partial charge in [-0.25, -0.2) is 0 Å². The third-order valence-corrected chi connectivity index (χ3v) is 35.6. The summed E-state index contributed by atoms with van der Waals surface area (Å²) in [5.74, 6) is 0.250. The summed E-state index contributed by atoms with van der Waals surface area (Å²) in [4.78, 5) is 17.9. The maximum atomic E-state index is 18.3. The van der Waals surface area contributed by atoms with E-state index in [1.807, 2.05) is 6.92 Å². The molecule has 0 radical (unpaired) electrons. The predicted molar refractivity (Wildman–Crippen MR) is 200 cm³/mol. The first-order valence-electron chi connectivity index (χ1n) is 19.0. The van der Waals surface area contributed by atoms with Crippen LogP contribution in [0.1, 0.15) is 128 Å². The Morgan fingerprint density at radius 1 is 0.917 bits per heavy atom. The van der Waals surface area contributed by atoms with Crippen molar-refractivity contribution in [3.8, 4) is 5.88 Å². The zero-order valence-electron chi connectivity index (χ0n) is 32.2. The molecule has 48 heavy (non-hydrogen) atoms. The second-order valence-electron chi connectivity index (χ2n) is 15.3. The van der Waals surface area contributed by atoms with Crippen molar-refractivity contribution in [3.05, 3.63) is 32.2 Å². The quantitative estimate of drug-likeness (QED) is 0.145. The number of aromatic nitrogens is 2. The zero-order valence-corrected chi connectivity index (χ0v) is 37.1. The molecular formula is C36H67FN2O6Si2Sn. The van der Waals surface area contributed by atoms with Crippen LogP contribution in [0.5, 0.6) is 5.88 Å². The van der Waals surface area contributed by atoms with Crippen LogP contribution in [0.2, 0.25) is 35.5 Å². The van der Waals surface area contributed by atoms with Crippen LogP contribution in [0.15, 0.2) is 26.5 Å². The second-order valence-corrected chi connectivity index (χ2v) is 37.0. The normalized spacial score (nSPS) is 23.9. The van der Waals surface area contributed by atoms with Gasteiger partial charge in [0.1, 0.15) is 0 Å². The van der Waals surface area contributed by atoms with Gasteiger partial charge in [-0.2, -0.15) is 0 Å². The molecule has 1 unspecified atom stereocenters. The van der Waals surface area contributed by atoms with E-state index in [1.165, 1.54) is 4.57 Å². The Morgan fingerprint density at radius 2 is 1.44 bits per heavy atom. The Balaban J connectivity index is 2.40. The van der Waals surface area contributed by atoms with Gasteiger partial charge in [0.25, 0.3) is 0 Å². The van der Waals surface area contributed by atoms with Crippen LogP contribution in [0.25, 0.3) is 0 Å². The van der Waals surface area contributed by atoms with E-state index >= 15 is 4.39 Å². The molecule has 0 saturated carbocycles. The molecule has 1 aromatic heterocycles. The molecule has 12 heteroatoms. The van der Waals surface area contributed by atoms with Crippen LogP contribution >= 0.6 is 0 Å². The van der Waals surface area contributed by atoms with Gasteiger partial charge < -0.3 is 0 Å². The molecule has 276 valence electrons. The summed E-state index contributed by atoms with van der Waals surface area (Å²) in [5.41, 5.74) is 0.478. The van der Waals surface area contributed by atoms with E-state index in [0.29, 0.717) is 12.2 Å². The zero-order chi connectivity index (χ0) is 35.9. The molecule has 2 aliphatic heterocycles. The molecule has 3 rings (SSSR count). The average Bonchev–Trinajstić information content (AvgIpc) is 3.36. The van der Waals surface area contributed by atoms with Gasteiger partial charge in [0, 0.05) is 0 Å². The van der Waals surface area contributed by atoms with Crippen LogP contribution < -0.4 is 10.4 Å². The summed E-state index contributed by atoms with van der Waals surface area (Å²) in [7, 11) is -5.94. The number of halogens is 1. The second kappa shape index (κ2) is 18.3. The summed E-state index contributed by atoms with van der Waals surface area (Å²) in [6, 6.07) is 1.67. The Morgan fingerprint density at radius 3 is 1.88 bits per heavy atom. The van der Waals surface area contributed by atoms with Gasteiger partial charge in [0.2, 0.25) is 0 Å². The van der Waals surface area contributed by atoms with Crippen molar-refractivity contribution in [2.75, 3.05) is 13.2 Å². The fourth-order valence-electron chi connectivity index (χ4n) is 7.85. The van der Waals surface area contributed by atoms with Crippen molar-refractivity contribution >= 4 is 35.5 Å². The molecule has 0 aliphatic carbocycles. The van der Waals surface area contributed by atoms with Gasteiger partial charge in [-0.15, -0.1) is 0 Å². The first-order valence-corrected chi connectivity index (χ1v) is 30.4. The molecular weight excluding hydrogens is 750 g/mol. The molecule has 0 N–H and O–H groups in total. The van der Waals surface area contributed by atoms with E-state index < -0.39 is 59.6 Å². The first-order chi connectivity index (χ1) is 22.7. The average molecular weight is 818 g/mol. The van der Waals surface area contributed by atoms with E-state index in [0.717, 1.165) is 51.8 Å². The molecule has 0 spiro atoms. The van der Waals surface area contributed by atoms with Gasteiger partial charge in [-0.05, 0) is 0 Å². The van der Waals surface area contributed by atoms with Crippen LogP contribution in [-0.2, 0) is 17.7 Å². The number of hydrogen-bond acceptors (Lipinski definition) is 7. The van der Waals surface area contributed by atoms with Gasteiger partial charge in [-0.3, -0.25) is 0 Å². The molecule has 2 fully saturated rings. The number of fused-ring (bicyclic) bond motifs is 1. The Labute approximate surface area is 297 Å². The third-order valence-electron chi connectivity index (χ3n) is 10.6. The van der Waals surface area contributed by atoms with Crippen LogP contribution in [0, 0.1) is 0 Å². The van der Waals surface area contributed by atoms with Crippen molar-refractivity contribution in [2.45, 2.75) is 176 Å². The summed E-state index contributed by atoms with van der Waals surface area (Å²) in [6.45, 7) is 26.6. The van der Waals surface area contributed by atoms with Crippen LogP contribution in [0.3, 0.4) is 0 Å².